The number of nitrogens with one attached hydrogen (secondary N) is 1. The average molecular weight is 326 g/mol. The van der Waals surface area contributed by atoms with Crippen molar-refractivity contribution >= 4 is 22.7 Å². The zero-order valence-corrected chi connectivity index (χ0v) is 13.8. The summed E-state index contributed by atoms with van der Waals surface area (Å²) in [6.07, 6.45) is 0.197. The van der Waals surface area contributed by atoms with Crippen molar-refractivity contribution in [3.63, 3.8) is 0 Å². The van der Waals surface area contributed by atoms with Gasteiger partial charge < -0.3 is 19.2 Å². The number of benzene rings is 2. The second-order valence-corrected chi connectivity index (χ2v) is 5.32. The minimum absolute atomic E-state index is 0.141. The van der Waals surface area contributed by atoms with Gasteiger partial charge in [-0.1, -0.05) is 6.07 Å². The van der Waals surface area contributed by atoms with Crippen LogP contribution in [0.1, 0.15) is 11.5 Å². The van der Waals surface area contributed by atoms with Crippen LogP contribution in [0.3, 0.4) is 0 Å². The van der Waals surface area contributed by atoms with Crippen LogP contribution in [0.25, 0.3) is 11.1 Å². The molecular formula is C18H18N2O4. The number of methoxy groups -OCH3 is 2. The molecule has 0 aliphatic heterocycles. The number of oxazole rings is 1. The maximum absolute atomic E-state index is 12.3. The Morgan fingerprint density at radius 1 is 1.17 bits per heavy atom. The van der Waals surface area contributed by atoms with Crippen LogP contribution in [0.15, 0.2) is 40.8 Å². The van der Waals surface area contributed by atoms with Gasteiger partial charge in [0.1, 0.15) is 17.0 Å². The first-order valence-electron chi connectivity index (χ1n) is 7.47. The van der Waals surface area contributed by atoms with E-state index in [-0.39, 0.29) is 12.3 Å². The number of aromatic nitrogens is 1. The third kappa shape index (κ3) is 3.32. The van der Waals surface area contributed by atoms with E-state index < -0.39 is 0 Å². The van der Waals surface area contributed by atoms with Crippen LogP contribution in [-0.2, 0) is 11.2 Å². The monoisotopic (exact) mass is 326 g/mol. The van der Waals surface area contributed by atoms with Crippen molar-refractivity contribution in [1.29, 1.82) is 0 Å². The number of amides is 1. The molecule has 0 saturated carbocycles. The van der Waals surface area contributed by atoms with E-state index in [1.807, 2.05) is 6.07 Å². The van der Waals surface area contributed by atoms with Gasteiger partial charge in [-0.25, -0.2) is 4.98 Å². The zero-order chi connectivity index (χ0) is 17.1. The molecule has 0 fully saturated rings. The summed E-state index contributed by atoms with van der Waals surface area (Å²) >= 11 is 0. The van der Waals surface area contributed by atoms with Gasteiger partial charge in [-0.15, -0.1) is 0 Å². The number of aryl methyl sites for hydroxylation is 1. The van der Waals surface area contributed by atoms with Crippen molar-refractivity contribution in [1.82, 2.24) is 4.98 Å². The van der Waals surface area contributed by atoms with Crippen molar-refractivity contribution in [2.75, 3.05) is 19.5 Å². The molecule has 0 unspecified atom stereocenters. The van der Waals surface area contributed by atoms with E-state index in [9.17, 15) is 4.79 Å². The van der Waals surface area contributed by atoms with Crippen molar-refractivity contribution in [2.45, 2.75) is 13.3 Å². The standard InChI is InChI=1S/C18H18N2O4/c1-11-19-15-9-13(5-7-16(15)24-11)20-18(21)8-12-4-6-14(22-2)10-17(12)23-3/h4-7,9-10H,8H2,1-3H3,(H,20,21). The quantitative estimate of drug-likeness (QED) is 0.778. The summed E-state index contributed by atoms with van der Waals surface area (Å²) in [4.78, 5) is 16.6. The molecule has 0 spiro atoms. The SMILES string of the molecule is COc1ccc(CC(=O)Nc2ccc3oc(C)nc3c2)c(OC)c1. The maximum Gasteiger partial charge on any atom is 0.228 e. The largest absolute Gasteiger partial charge is 0.497 e. The van der Waals surface area contributed by atoms with E-state index in [1.165, 1.54) is 0 Å². The van der Waals surface area contributed by atoms with Crippen LogP contribution >= 0.6 is 0 Å². The molecule has 6 nitrogen and oxygen atoms in total. The smallest absolute Gasteiger partial charge is 0.228 e. The van der Waals surface area contributed by atoms with Crippen molar-refractivity contribution in [2.24, 2.45) is 0 Å². The van der Waals surface area contributed by atoms with Crippen LogP contribution in [0.4, 0.5) is 5.69 Å². The Hall–Kier alpha value is -3.02. The first kappa shape index (κ1) is 15.9. The third-order valence-corrected chi connectivity index (χ3v) is 3.62. The lowest BCUT2D eigenvalue weighted by Gasteiger charge is -2.10. The molecule has 0 bridgehead atoms. The van der Waals surface area contributed by atoms with Crippen molar-refractivity contribution in [3.05, 3.63) is 47.9 Å². The normalized spacial score (nSPS) is 10.6. The second kappa shape index (κ2) is 6.62. The maximum atomic E-state index is 12.3. The van der Waals surface area contributed by atoms with E-state index in [0.29, 0.717) is 34.2 Å². The predicted molar refractivity (Wildman–Crippen MR) is 90.6 cm³/mol. The van der Waals surface area contributed by atoms with Crippen LogP contribution in [-0.4, -0.2) is 25.1 Å². The summed E-state index contributed by atoms with van der Waals surface area (Å²) in [6.45, 7) is 1.79. The molecule has 124 valence electrons. The Balaban J connectivity index is 1.74. The van der Waals surface area contributed by atoms with E-state index in [4.69, 9.17) is 13.9 Å². The molecular weight excluding hydrogens is 308 g/mol. The van der Waals surface area contributed by atoms with Crippen LogP contribution < -0.4 is 14.8 Å². The van der Waals surface area contributed by atoms with E-state index in [1.54, 1.807) is 51.5 Å². The highest BCUT2D eigenvalue weighted by molar-refractivity contribution is 5.94. The first-order valence-corrected chi connectivity index (χ1v) is 7.47. The lowest BCUT2D eigenvalue weighted by Crippen LogP contribution is -2.14. The molecule has 0 radical (unpaired) electrons. The van der Waals surface area contributed by atoms with E-state index in [0.717, 1.165) is 5.56 Å². The van der Waals surface area contributed by atoms with Gasteiger partial charge in [0, 0.05) is 24.2 Å². The number of anilines is 1. The Morgan fingerprint density at radius 3 is 2.75 bits per heavy atom. The summed E-state index contributed by atoms with van der Waals surface area (Å²) in [5.41, 5.74) is 2.87. The fraction of sp³-hybridized carbons (Fsp3) is 0.222. The van der Waals surface area contributed by atoms with Crippen LogP contribution in [0.5, 0.6) is 11.5 Å². The summed E-state index contributed by atoms with van der Waals surface area (Å²) in [6, 6.07) is 10.7. The van der Waals surface area contributed by atoms with Gasteiger partial charge >= 0.3 is 0 Å². The zero-order valence-electron chi connectivity index (χ0n) is 13.8. The number of hydrogen-bond acceptors (Lipinski definition) is 5. The molecule has 0 aliphatic carbocycles. The van der Waals surface area contributed by atoms with Gasteiger partial charge in [-0.2, -0.15) is 0 Å². The average Bonchev–Trinajstić information content (AvgIpc) is 2.94. The van der Waals surface area contributed by atoms with Gasteiger partial charge in [0.05, 0.1) is 20.6 Å². The molecule has 1 heterocycles. The number of rotatable bonds is 5. The van der Waals surface area contributed by atoms with Gasteiger partial charge in [-0.05, 0) is 24.3 Å². The van der Waals surface area contributed by atoms with Crippen LogP contribution in [0, 0.1) is 6.92 Å². The fourth-order valence-corrected chi connectivity index (χ4v) is 2.50. The van der Waals surface area contributed by atoms with Crippen molar-refractivity contribution in [3.8, 4) is 11.5 Å². The van der Waals surface area contributed by atoms with E-state index >= 15 is 0 Å². The number of carbonyl (C=O) groups excluding carboxylic acids is 1. The number of carbonyl (C=O) groups is 1. The number of fused-ring (bicyclic) bond motifs is 1. The molecule has 3 rings (SSSR count). The van der Waals surface area contributed by atoms with Gasteiger partial charge in [0.25, 0.3) is 0 Å². The molecule has 24 heavy (non-hydrogen) atoms. The lowest BCUT2D eigenvalue weighted by atomic mass is 10.1. The summed E-state index contributed by atoms with van der Waals surface area (Å²) in [5.74, 6) is 1.75. The van der Waals surface area contributed by atoms with Gasteiger partial charge in [0.15, 0.2) is 11.5 Å². The predicted octanol–water partition coefficient (Wildman–Crippen LogP) is 3.33. The molecule has 0 aliphatic rings. The summed E-state index contributed by atoms with van der Waals surface area (Å²) < 4.78 is 15.9. The highest BCUT2D eigenvalue weighted by Crippen LogP contribution is 2.25. The highest BCUT2D eigenvalue weighted by atomic mass is 16.5. The third-order valence-electron chi connectivity index (χ3n) is 3.62. The Bertz CT molecular complexity index is 886. The Morgan fingerprint density at radius 2 is 2.00 bits per heavy atom. The molecule has 6 heteroatoms. The molecule has 0 atom stereocenters. The number of ether oxygens (including phenoxy) is 2. The van der Waals surface area contributed by atoms with E-state index in [2.05, 4.69) is 10.3 Å². The first-order chi connectivity index (χ1) is 11.6. The minimum atomic E-state index is -0.141. The Kier molecular flexibility index (Phi) is 4.37. The lowest BCUT2D eigenvalue weighted by molar-refractivity contribution is -0.115. The molecule has 1 amide bonds. The molecule has 3 aromatic rings. The fourth-order valence-electron chi connectivity index (χ4n) is 2.50. The van der Waals surface area contributed by atoms with Gasteiger partial charge in [-0.3, -0.25) is 4.79 Å². The Labute approximate surface area is 139 Å². The molecule has 2 aromatic carbocycles. The van der Waals surface area contributed by atoms with Crippen LogP contribution in [0.2, 0.25) is 0 Å². The highest BCUT2D eigenvalue weighted by Gasteiger charge is 2.11. The molecule has 1 aromatic heterocycles. The minimum Gasteiger partial charge on any atom is -0.497 e. The molecule has 0 saturated heterocycles. The van der Waals surface area contributed by atoms with Gasteiger partial charge in [0.2, 0.25) is 5.91 Å². The van der Waals surface area contributed by atoms with Crippen molar-refractivity contribution < 1.29 is 18.7 Å². The topological polar surface area (TPSA) is 73.6 Å². The number of nitrogens with zero attached hydrogens (tertiary/aromatic N) is 1. The molecule has 1 N–H and O–H groups in total. The summed E-state index contributed by atoms with van der Waals surface area (Å²) in [7, 11) is 3.15. The summed E-state index contributed by atoms with van der Waals surface area (Å²) in [5, 5.41) is 2.86. The second-order valence-electron chi connectivity index (χ2n) is 5.32. The number of hydrogen-bond donors (Lipinski definition) is 1.